The van der Waals surface area contributed by atoms with Crippen molar-refractivity contribution in [2.45, 2.75) is 18.9 Å². The van der Waals surface area contributed by atoms with Gasteiger partial charge in [-0.1, -0.05) is 11.6 Å². The van der Waals surface area contributed by atoms with E-state index in [4.69, 9.17) is 16.3 Å². The Labute approximate surface area is 131 Å². The average molecular weight is 333 g/mol. The van der Waals surface area contributed by atoms with Crippen LogP contribution in [0.25, 0.3) is 0 Å². The second-order valence-corrected chi connectivity index (χ2v) is 7.55. The molecule has 1 N–H and O–H groups in total. The smallest absolute Gasteiger partial charge is 0.208 e. The van der Waals surface area contributed by atoms with Crippen molar-refractivity contribution in [3.63, 3.8) is 0 Å². The van der Waals surface area contributed by atoms with Crippen molar-refractivity contribution >= 4 is 21.6 Å². The van der Waals surface area contributed by atoms with Crippen molar-refractivity contribution in [2.24, 2.45) is 0 Å². The Hall–Kier alpha value is -0.820. The first-order valence-electron chi connectivity index (χ1n) is 7.00. The SMILES string of the molecule is CS(=O)(=O)NC1CCCN(CCOc2ccc(Cl)cc2)C1. The van der Waals surface area contributed by atoms with Gasteiger partial charge in [0.2, 0.25) is 10.0 Å². The summed E-state index contributed by atoms with van der Waals surface area (Å²) in [5.41, 5.74) is 0. The number of rotatable bonds is 6. The van der Waals surface area contributed by atoms with Gasteiger partial charge in [0.1, 0.15) is 12.4 Å². The highest BCUT2D eigenvalue weighted by atomic mass is 35.5. The van der Waals surface area contributed by atoms with Crippen LogP contribution in [-0.4, -0.2) is 51.9 Å². The third-order valence-corrected chi connectivity index (χ3v) is 4.39. The molecule has 21 heavy (non-hydrogen) atoms. The summed E-state index contributed by atoms with van der Waals surface area (Å²) >= 11 is 5.82. The molecule has 0 aliphatic carbocycles. The fourth-order valence-electron chi connectivity index (χ4n) is 2.48. The summed E-state index contributed by atoms with van der Waals surface area (Å²) in [5.74, 6) is 0.794. The summed E-state index contributed by atoms with van der Waals surface area (Å²) in [4.78, 5) is 2.22. The van der Waals surface area contributed by atoms with Crippen LogP contribution in [0.2, 0.25) is 5.02 Å². The Bertz CT molecular complexity index is 548. The number of nitrogens with zero attached hydrogens (tertiary/aromatic N) is 1. The molecule has 1 atom stereocenters. The van der Waals surface area contributed by atoms with E-state index in [1.807, 2.05) is 12.1 Å². The highest BCUT2D eigenvalue weighted by Crippen LogP contribution is 2.16. The summed E-state index contributed by atoms with van der Waals surface area (Å²) in [5, 5.41) is 0.688. The van der Waals surface area contributed by atoms with Crippen LogP contribution in [0.1, 0.15) is 12.8 Å². The third-order valence-electron chi connectivity index (χ3n) is 3.38. The molecule has 0 spiro atoms. The van der Waals surface area contributed by atoms with Gasteiger partial charge in [0.25, 0.3) is 0 Å². The number of sulfonamides is 1. The molecule has 1 heterocycles. The normalized spacial score (nSPS) is 20.4. The molecule has 0 saturated carbocycles. The highest BCUT2D eigenvalue weighted by Gasteiger charge is 2.21. The maximum atomic E-state index is 11.3. The van der Waals surface area contributed by atoms with Gasteiger partial charge in [-0.25, -0.2) is 13.1 Å². The van der Waals surface area contributed by atoms with E-state index in [1.54, 1.807) is 12.1 Å². The Morgan fingerprint density at radius 1 is 1.38 bits per heavy atom. The Kier molecular flexibility index (Phi) is 5.87. The number of ether oxygens (including phenoxy) is 1. The number of benzene rings is 1. The molecule has 118 valence electrons. The van der Waals surface area contributed by atoms with Gasteiger partial charge >= 0.3 is 0 Å². The van der Waals surface area contributed by atoms with Crippen molar-refractivity contribution < 1.29 is 13.2 Å². The number of hydrogen-bond acceptors (Lipinski definition) is 4. The van der Waals surface area contributed by atoms with Crippen molar-refractivity contribution in [1.82, 2.24) is 9.62 Å². The molecule has 0 radical (unpaired) electrons. The minimum atomic E-state index is -3.14. The molecule has 1 fully saturated rings. The van der Waals surface area contributed by atoms with Gasteiger partial charge < -0.3 is 4.74 Å². The van der Waals surface area contributed by atoms with Crippen LogP contribution in [0, 0.1) is 0 Å². The minimum Gasteiger partial charge on any atom is -0.492 e. The van der Waals surface area contributed by atoms with Crippen molar-refractivity contribution in [2.75, 3.05) is 32.5 Å². The van der Waals surface area contributed by atoms with Crippen LogP contribution in [0.4, 0.5) is 0 Å². The number of hydrogen-bond donors (Lipinski definition) is 1. The number of likely N-dealkylation sites (tertiary alicyclic amines) is 1. The zero-order valence-corrected chi connectivity index (χ0v) is 13.7. The van der Waals surface area contributed by atoms with E-state index in [-0.39, 0.29) is 6.04 Å². The van der Waals surface area contributed by atoms with Crippen molar-refractivity contribution in [3.05, 3.63) is 29.3 Å². The lowest BCUT2D eigenvalue weighted by Gasteiger charge is -2.32. The fourth-order valence-corrected chi connectivity index (χ4v) is 3.40. The largest absolute Gasteiger partial charge is 0.492 e. The Morgan fingerprint density at radius 2 is 2.10 bits per heavy atom. The first kappa shape index (κ1) is 16.5. The van der Waals surface area contributed by atoms with E-state index in [2.05, 4.69) is 9.62 Å². The van der Waals surface area contributed by atoms with Crippen LogP contribution >= 0.6 is 11.6 Å². The van der Waals surface area contributed by atoms with Gasteiger partial charge in [0.15, 0.2) is 0 Å². The first-order valence-corrected chi connectivity index (χ1v) is 9.27. The monoisotopic (exact) mass is 332 g/mol. The fraction of sp³-hybridized carbons (Fsp3) is 0.571. The molecular formula is C14H21ClN2O3S. The maximum absolute atomic E-state index is 11.3. The standard InChI is InChI=1S/C14H21ClN2O3S/c1-21(18,19)16-13-3-2-8-17(11-13)9-10-20-14-6-4-12(15)5-7-14/h4-7,13,16H,2-3,8-11H2,1H3. The molecule has 1 aromatic rings. The molecular weight excluding hydrogens is 312 g/mol. The minimum absolute atomic E-state index is 0.00396. The highest BCUT2D eigenvalue weighted by molar-refractivity contribution is 7.88. The quantitative estimate of drug-likeness (QED) is 0.862. The van der Waals surface area contributed by atoms with E-state index in [0.29, 0.717) is 11.6 Å². The lowest BCUT2D eigenvalue weighted by atomic mass is 10.1. The molecule has 1 saturated heterocycles. The van der Waals surface area contributed by atoms with Gasteiger partial charge in [0, 0.05) is 24.2 Å². The molecule has 1 unspecified atom stereocenters. The molecule has 1 aliphatic rings. The van der Waals surface area contributed by atoms with Gasteiger partial charge in [-0.05, 0) is 43.7 Å². The Morgan fingerprint density at radius 3 is 2.76 bits per heavy atom. The predicted molar refractivity (Wildman–Crippen MR) is 84.4 cm³/mol. The molecule has 0 amide bonds. The average Bonchev–Trinajstić information content (AvgIpc) is 2.39. The van der Waals surface area contributed by atoms with E-state index >= 15 is 0 Å². The lowest BCUT2D eigenvalue weighted by molar-refractivity contribution is 0.166. The topological polar surface area (TPSA) is 58.6 Å². The second kappa shape index (κ2) is 7.45. The molecule has 0 aromatic heterocycles. The molecule has 0 bridgehead atoms. The zero-order valence-electron chi connectivity index (χ0n) is 12.1. The van der Waals surface area contributed by atoms with Crippen LogP contribution in [0.3, 0.4) is 0 Å². The maximum Gasteiger partial charge on any atom is 0.208 e. The second-order valence-electron chi connectivity index (χ2n) is 5.33. The molecule has 1 aromatic carbocycles. The summed E-state index contributed by atoms with van der Waals surface area (Å²) in [6.45, 7) is 3.07. The van der Waals surface area contributed by atoms with Crippen LogP contribution in [0.15, 0.2) is 24.3 Å². The molecule has 5 nitrogen and oxygen atoms in total. The van der Waals surface area contributed by atoms with Gasteiger partial charge in [0.05, 0.1) is 6.26 Å². The van der Waals surface area contributed by atoms with Crippen LogP contribution < -0.4 is 9.46 Å². The lowest BCUT2D eigenvalue weighted by Crippen LogP contribution is -2.48. The first-order chi connectivity index (χ1) is 9.92. The van der Waals surface area contributed by atoms with Gasteiger partial charge in [-0.15, -0.1) is 0 Å². The summed E-state index contributed by atoms with van der Waals surface area (Å²) in [6, 6.07) is 7.27. The van der Waals surface area contributed by atoms with E-state index in [1.165, 1.54) is 6.26 Å². The number of piperidine rings is 1. The molecule has 7 heteroatoms. The summed E-state index contributed by atoms with van der Waals surface area (Å²) in [6.07, 6.45) is 3.09. The third kappa shape index (κ3) is 6.22. The zero-order chi connectivity index (χ0) is 15.3. The molecule has 1 aliphatic heterocycles. The molecule has 2 rings (SSSR count). The van der Waals surface area contributed by atoms with Crippen molar-refractivity contribution in [1.29, 1.82) is 0 Å². The van der Waals surface area contributed by atoms with Crippen LogP contribution in [0.5, 0.6) is 5.75 Å². The van der Waals surface area contributed by atoms with Gasteiger partial charge in [-0.2, -0.15) is 0 Å². The van der Waals surface area contributed by atoms with E-state index in [0.717, 1.165) is 38.2 Å². The van der Waals surface area contributed by atoms with Crippen LogP contribution in [-0.2, 0) is 10.0 Å². The van der Waals surface area contributed by atoms with Crippen molar-refractivity contribution in [3.8, 4) is 5.75 Å². The predicted octanol–water partition coefficient (Wildman–Crippen LogP) is 1.73. The summed E-state index contributed by atoms with van der Waals surface area (Å²) in [7, 11) is -3.14. The van der Waals surface area contributed by atoms with Gasteiger partial charge in [-0.3, -0.25) is 4.90 Å². The number of nitrogens with one attached hydrogen (secondary N) is 1. The van der Waals surface area contributed by atoms with E-state index in [9.17, 15) is 8.42 Å². The van der Waals surface area contributed by atoms with E-state index < -0.39 is 10.0 Å². The summed E-state index contributed by atoms with van der Waals surface area (Å²) < 4.78 is 30.9. The number of halogens is 1. The Balaban J connectivity index is 1.74.